The van der Waals surface area contributed by atoms with Crippen LogP contribution in [0.5, 0.6) is 5.75 Å². The molecule has 0 aliphatic heterocycles. The Labute approximate surface area is 232 Å². The molecule has 0 fully saturated rings. The Morgan fingerprint density at radius 3 is 1.26 bits per heavy atom. The van der Waals surface area contributed by atoms with Crippen molar-refractivity contribution in [3.05, 3.63) is 72.8 Å². The minimum Gasteiger partial charge on any atom is -0.507 e. The van der Waals surface area contributed by atoms with E-state index in [1.165, 1.54) is 103 Å². The van der Waals surface area contributed by atoms with Crippen LogP contribution in [0.15, 0.2) is 72.8 Å². The maximum Gasteiger partial charge on any atom is 0.131 e. The number of nitrogens with one attached hydrogen (secondary N) is 1. The predicted octanol–water partition coefficient (Wildman–Crippen LogP) is 11.4. The van der Waals surface area contributed by atoms with E-state index >= 15 is 0 Å². The van der Waals surface area contributed by atoms with Crippen LogP contribution in [0.2, 0.25) is 0 Å². The molecule has 2 nitrogen and oxygen atoms in total. The molecule has 0 saturated carbocycles. The lowest BCUT2D eigenvalue weighted by atomic mass is 9.96. The fraction of sp³-hybridized carbons (Fsp3) is 0.500. The van der Waals surface area contributed by atoms with Gasteiger partial charge in [0, 0.05) is 23.4 Å². The third-order valence-corrected chi connectivity index (χ3v) is 7.64. The number of unbranched alkanes of at least 4 members (excludes halogenated alkanes) is 15. The minimum absolute atomic E-state index is 0.343. The number of hydrogen-bond donors (Lipinski definition) is 2. The highest BCUT2D eigenvalue weighted by atomic mass is 16.3. The summed E-state index contributed by atoms with van der Waals surface area (Å²) in [6.45, 7) is 3.26. The first-order valence-corrected chi connectivity index (χ1v) is 15.5. The van der Waals surface area contributed by atoms with Crippen molar-refractivity contribution in [2.45, 2.75) is 110 Å². The van der Waals surface area contributed by atoms with Crippen LogP contribution >= 0.6 is 0 Å². The number of rotatable bonds is 20. The second kappa shape index (κ2) is 18.5. The molecular weight excluding hydrogens is 462 g/mol. The van der Waals surface area contributed by atoms with Crippen LogP contribution in [-0.2, 0) is 0 Å². The van der Waals surface area contributed by atoms with Gasteiger partial charge >= 0.3 is 0 Å². The normalized spacial score (nSPS) is 11.1. The molecule has 2 heteroatoms. The Balaban J connectivity index is 1.32. The van der Waals surface area contributed by atoms with E-state index in [1.807, 2.05) is 36.4 Å². The molecule has 0 bridgehead atoms. The number of phenols is 1. The Hall–Kier alpha value is -2.74. The SMILES string of the molecule is CCCCCCCCCCCCCCCCCCNc1cc(-c2ccccc2)c(O)c(-c2ccccc2)c1. The monoisotopic (exact) mass is 513 g/mol. The quantitative estimate of drug-likeness (QED) is 0.116. The molecule has 3 aromatic rings. The van der Waals surface area contributed by atoms with Gasteiger partial charge in [0.25, 0.3) is 0 Å². The zero-order valence-electron chi connectivity index (χ0n) is 23.9. The molecule has 0 amide bonds. The largest absolute Gasteiger partial charge is 0.507 e. The number of anilines is 1. The van der Waals surface area contributed by atoms with Crippen molar-refractivity contribution < 1.29 is 5.11 Å². The molecule has 0 atom stereocenters. The molecule has 0 saturated heterocycles. The van der Waals surface area contributed by atoms with Gasteiger partial charge in [-0.25, -0.2) is 0 Å². The van der Waals surface area contributed by atoms with Crippen molar-refractivity contribution >= 4 is 5.69 Å². The summed E-state index contributed by atoms with van der Waals surface area (Å²) in [5.41, 5.74) is 4.89. The molecule has 0 aliphatic rings. The Morgan fingerprint density at radius 1 is 0.500 bits per heavy atom. The summed E-state index contributed by atoms with van der Waals surface area (Å²) in [6, 6.07) is 24.5. The number of benzene rings is 3. The molecule has 0 heterocycles. The summed E-state index contributed by atoms with van der Waals surface area (Å²) in [5, 5.41) is 14.7. The van der Waals surface area contributed by atoms with E-state index < -0.39 is 0 Å². The van der Waals surface area contributed by atoms with Crippen LogP contribution in [0.4, 0.5) is 5.69 Å². The van der Waals surface area contributed by atoms with Gasteiger partial charge in [0.1, 0.15) is 5.75 Å². The van der Waals surface area contributed by atoms with Crippen molar-refractivity contribution in [1.29, 1.82) is 0 Å². The summed E-state index contributed by atoms with van der Waals surface area (Å²) in [5.74, 6) is 0.343. The van der Waals surface area contributed by atoms with Gasteiger partial charge in [-0.15, -0.1) is 0 Å². The van der Waals surface area contributed by atoms with Gasteiger partial charge in [0.15, 0.2) is 0 Å². The van der Waals surface area contributed by atoms with E-state index in [-0.39, 0.29) is 0 Å². The van der Waals surface area contributed by atoms with Gasteiger partial charge in [-0.3, -0.25) is 0 Å². The Kier molecular flexibility index (Phi) is 14.5. The topological polar surface area (TPSA) is 32.3 Å². The van der Waals surface area contributed by atoms with E-state index in [9.17, 15) is 5.11 Å². The number of phenolic OH excluding ortho intramolecular Hbond substituents is 1. The second-order valence-electron chi connectivity index (χ2n) is 10.9. The van der Waals surface area contributed by atoms with Crippen LogP contribution in [0.3, 0.4) is 0 Å². The number of aromatic hydroxyl groups is 1. The maximum atomic E-state index is 11.1. The maximum absolute atomic E-state index is 11.1. The molecule has 0 spiro atoms. The molecular formula is C36H51NO. The van der Waals surface area contributed by atoms with Gasteiger partial charge in [0.2, 0.25) is 0 Å². The van der Waals surface area contributed by atoms with Crippen molar-refractivity contribution in [1.82, 2.24) is 0 Å². The average Bonchev–Trinajstić information content (AvgIpc) is 2.96. The third kappa shape index (κ3) is 10.9. The van der Waals surface area contributed by atoms with E-state index in [2.05, 4.69) is 48.6 Å². The summed E-state index contributed by atoms with van der Waals surface area (Å²) >= 11 is 0. The van der Waals surface area contributed by atoms with Gasteiger partial charge in [-0.05, 0) is 29.7 Å². The van der Waals surface area contributed by atoms with Crippen LogP contribution < -0.4 is 5.32 Å². The van der Waals surface area contributed by atoms with Gasteiger partial charge in [-0.1, -0.05) is 164 Å². The lowest BCUT2D eigenvalue weighted by Gasteiger charge is -2.15. The summed E-state index contributed by atoms with van der Waals surface area (Å²) in [6.07, 6.45) is 22.2. The second-order valence-corrected chi connectivity index (χ2v) is 10.9. The molecule has 0 aliphatic carbocycles. The number of hydrogen-bond acceptors (Lipinski definition) is 2. The molecule has 2 N–H and O–H groups in total. The zero-order chi connectivity index (χ0) is 26.7. The highest BCUT2D eigenvalue weighted by Gasteiger charge is 2.13. The molecule has 206 valence electrons. The molecule has 0 aromatic heterocycles. The predicted molar refractivity (Wildman–Crippen MR) is 167 cm³/mol. The van der Waals surface area contributed by atoms with Gasteiger partial charge < -0.3 is 10.4 Å². The van der Waals surface area contributed by atoms with E-state index in [1.54, 1.807) is 0 Å². The molecule has 38 heavy (non-hydrogen) atoms. The van der Waals surface area contributed by atoms with Crippen LogP contribution in [0.1, 0.15) is 110 Å². The summed E-state index contributed by atoms with van der Waals surface area (Å²) in [7, 11) is 0. The third-order valence-electron chi connectivity index (χ3n) is 7.64. The first kappa shape index (κ1) is 29.8. The first-order chi connectivity index (χ1) is 18.8. The van der Waals surface area contributed by atoms with Crippen molar-refractivity contribution in [3.63, 3.8) is 0 Å². The molecule has 0 radical (unpaired) electrons. The van der Waals surface area contributed by atoms with Gasteiger partial charge in [-0.2, -0.15) is 0 Å². The molecule has 0 unspecified atom stereocenters. The van der Waals surface area contributed by atoms with Crippen LogP contribution in [0.25, 0.3) is 22.3 Å². The van der Waals surface area contributed by atoms with Crippen LogP contribution in [0, 0.1) is 0 Å². The summed E-state index contributed by atoms with van der Waals surface area (Å²) in [4.78, 5) is 0. The fourth-order valence-corrected chi connectivity index (χ4v) is 5.32. The van der Waals surface area contributed by atoms with E-state index in [4.69, 9.17) is 0 Å². The highest BCUT2D eigenvalue weighted by Crippen LogP contribution is 2.40. The fourth-order valence-electron chi connectivity index (χ4n) is 5.32. The average molecular weight is 514 g/mol. The molecule has 3 aromatic carbocycles. The van der Waals surface area contributed by atoms with E-state index in [0.29, 0.717) is 5.75 Å². The Bertz CT molecular complexity index is 938. The van der Waals surface area contributed by atoms with Gasteiger partial charge in [0.05, 0.1) is 0 Å². The highest BCUT2D eigenvalue weighted by molar-refractivity contribution is 5.85. The first-order valence-electron chi connectivity index (χ1n) is 15.5. The van der Waals surface area contributed by atoms with Crippen LogP contribution in [-0.4, -0.2) is 11.7 Å². The van der Waals surface area contributed by atoms with E-state index in [0.717, 1.165) is 34.5 Å². The zero-order valence-corrected chi connectivity index (χ0v) is 23.9. The van der Waals surface area contributed by atoms with Crippen molar-refractivity contribution in [2.75, 3.05) is 11.9 Å². The lowest BCUT2D eigenvalue weighted by molar-refractivity contribution is 0.479. The van der Waals surface area contributed by atoms with Crippen molar-refractivity contribution in [3.8, 4) is 28.0 Å². The Morgan fingerprint density at radius 2 is 0.868 bits per heavy atom. The molecule has 3 rings (SSSR count). The summed E-state index contributed by atoms with van der Waals surface area (Å²) < 4.78 is 0. The van der Waals surface area contributed by atoms with Crippen molar-refractivity contribution in [2.24, 2.45) is 0 Å². The lowest BCUT2D eigenvalue weighted by Crippen LogP contribution is -2.02. The minimum atomic E-state index is 0.343. The smallest absolute Gasteiger partial charge is 0.131 e. The standard InChI is InChI=1S/C36H51NO/c1-2-3-4-5-6-7-8-9-10-11-12-13-14-15-16-23-28-37-33-29-34(31-24-19-17-20-25-31)36(38)35(30-33)32-26-21-18-22-27-32/h17-22,24-27,29-30,37-38H,2-16,23,28H2,1H3.